The van der Waals surface area contributed by atoms with Crippen LogP contribution in [0.25, 0.3) is 55.2 Å². The molecule has 6 aromatic carbocycles. The highest BCUT2D eigenvalue weighted by Crippen LogP contribution is 2.32. The molecule has 0 N–H and O–H groups in total. The number of rotatable bonds is 6. The minimum atomic E-state index is -0.204. The fraction of sp³-hybridized carbons (Fsp3) is 0.100. The molecule has 0 aliphatic rings. The summed E-state index contributed by atoms with van der Waals surface area (Å²) in [6.07, 6.45) is 3.46. The molecule has 0 atom stereocenters. The fourth-order valence-corrected chi connectivity index (χ4v) is 5.60. The summed E-state index contributed by atoms with van der Waals surface area (Å²) in [7, 11) is 0. The summed E-state index contributed by atoms with van der Waals surface area (Å²) >= 11 is 0. The Morgan fingerprint density at radius 3 is 0.841 bits per heavy atom. The number of allylic oxidation sites excluding steroid dienone is 2. The minimum Gasteiger partial charge on any atom is -0.294 e. The van der Waals surface area contributed by atoms with E-state index in [2.05, 4.69) is 12.1 Å². The maximum atomic E-state index is 11.8. The van der Waals surface area contributed by atoms with Crippen LogP contribution >= 0.6 is 0 Å². The van der Waals surface area contributed by atoms with Crippen molar-refractivity contribution in [2.24, 2.45) is 0 Å². The highest BCUT2D eigenvalue weighted by molar-refractivity contribution is 6.24. The second kappa shape index (κ2) is 12.8. The molecule has 4 heteroatoms. The Bertz CT molecular complexity index is 1880. The zero-order chi connectivity index (χ0) is 31.4. The smallest absolute Gasteiger partial charge is 0.163 e. The van der Waals surface area contributed by atoms with Crippen LogP contribution in [0.2, 0.25) is 0 Å². The zero-order valence-corrected chi connectivity index (χ0v) is 25.2. The van der Waals surface area contributed by atoms with Gasteiger partial charge in [0.25, 0.3) is 0 Å². The number of benzene rings is 6. The molecule has 0 aromatic heterocycles. The van der Waals surface area contributed by atoms with Gasteiger partial charge < -0.3 is 0 Å². The number of Topliss-reactive ketones (excluding diaryl/α,β-unsaturated/α-hetero) is 4. The van der Waals surface area contributed by atoms with Crippen molar-refractivity contribution >= 4 is 78.4 Å². The lowest BCUT2D eigenvalue weighted by molar-refractivity contribution is -0.120. The molecule has 0 unspecified atom stereocenters. The third-order valence-corrected chi connectivity index (χ3v) is 7.72. The molecule has 0 amide bonds. The number of ketones is 4. The Kier molecular flexibility index (Phi) is 8.73. The lowest BCUT2D eigenvalue weighted by Crippen LogP contribution is -2.05. The van der Waals surface area contributed by atoms with Gasteiger partial charge >= 0.3 is 0 Å². The average molecular weight is 577 g/mol. The van der Waals surface area contributed by atoms with E-state index in [1.54, 1.807) is 12.2 Å². The maximum absolute atomic E-state index is 11.8. The van der Waals surface area contributed by atoms with Crippen molar-refractivity contribution in [2.45, 2.75) is 27.7 Å². The quantitative estimate of drug-likeness (QED) is 0.0858. The van der Waals surface area contributed by atoms with Crippen LogP contribution in [0.1, 0.15) is 38.8 Å². The summed E-state index contributed by atoms with van der Waals surface area (Å²) in [4.78, 5) is 47.1. The maximum Gasteiger partial charge on any atom is 0.163 e. The molecule has 44 heavy (non-hydrogen) atoms. The van der Waals surface area contributed by atoms with E-state index in [0.29, 0.717) is 0 Å². The molecule has 4 nitrogen and oxygen atoms in total. The topological polar surface area (TPSA) is 68.3 Å². The Labute approximate surface area is 256 Å². The average Bonchev–Trinajstić information content (AvgIpc) is 3.00. The lowest BCUT2D eigenvalue weighted by atomic mass is 9.94. The Hall–Kier alpha value is -5.48. The van der Waals surface area contributed by atoms with Gasteiger partial charge in [0.15, 0.2) is 23.1 Å². The van der Waals surface area contributed by atoms with Gasteiger partial charge in [0, 0.05) is 0 Å². The first-order valence-corrected chi connectivity index (χ1v) is 14.4. The Balaban J connectivity index is 0.000000175. The van der Waals surface area contributed by atoms with Crippen LogP contribution in [0.4, 0.5) is 0 Å². The van der Waals surface area contributed by atoms with E-state index in [1.165, 1.54) is 27.7 Å². The lowest BCUT2D eigenvalue weighted by Gasteiger charge is -2.09. The predicted octanol–water partition coefficient (Wildman–Crippen LogP) is 9.11. The van der Waals surface area contributed by atoms with Crippen LogP contribution < -0.4 is 0 Å². The minimum absolute atomic E-state index is 0.204. The molecular weight excluding hydrogens is 544 g/mol. The van der Waals surface area contributed by atoms with Crippen molar-refractivity contribution in [1.82, 2.24) is 0 Å². The fourth-order valence-electron chi connectivity index (χ4n) is 5.60. The number of hydrogen-bond acceptors (Lipinski definition) is 4. The van der Waals surface area contributed by atoms with E-state index in [-0.39, 0.29) is 34.3 Å². The second-order valence-electron chi connectivity index (χ2n) is 10.8. The van der Waals surface area contributed by atoms with E-state index in [4.69, 9.17) is 0 Å². The van der Waals surface area contributed by atoms with Crippen LogP contribution in [-0.2, 0) is 19.2 Å². The molecule has 0 saturated heterocycles. The van der Waals surface area contributed by atoms with Crippen molar-refractivity contribution in [3.05, 3.63) is 131 Å². The van der Waals surface area contributed by atoms with Gasteiger partial charge in [0.05, 0.1) is 11.1 Å². The van der Waals surface area contributed by atoms with E-state index in [1.807, 2.05) is 97.1 Å². The first kappa shape index (κ1) is 30.0. The summed E-state index contributed by atoms with van der Waals surface area (Å²) in [5, 5.41) is 8.56. The molecule has 6 aromatic rings. The van der Waals surface area contributed by atoms with Crippen molar-refractivity contribution in [3.63, 3.8) is 0 Å². The molecule has 0 aliphatic heterocycles. The summed E-state index contributed by atoms with van der Waals surface area (Å²) in [6, 6.07) is 36.3. The van der Waals surface area contributed by atoms with Gasteiger partial charge in [-0.3, -0.25) is 19.2 Å². The SMILES string of the molecule is CC(=O)C(=Cc1c2ccccc2cc2ccccc12)C(C)=O.CC(=O)C(=Cc1c2ccccc2cc2ccccc12)C(C)=O. The van der Waals surface area contributed by atoms with Crippen molar-refractivity contribution in [2.75, 3.05) is 0 Å². The summed E-state index contributed by atoms with van der Waals surface area (Å²) in [5.74, 6) is -0.817. The standard InChI is InChI=1S/2C20H16O2/c2*1-13(21)19(14(2)22)12-20-17-9-5-3-7-15(17)11-16-8-4-6-10-18(16)20/h2*3-12H,1-2H3. The van der Waals surface area contributed by atoms with Crippen LogP contribution in [0, 0.1) is 0 Å². The molecule has 6 rings (SSSR count). The van der Waals surface area contributed by atoms with E-state index in [0.717, 1.165) is 54.2 Å². The highest BCUT2D eigenvalue weighted by atomic mass is 16.2. The Morgan fingerprint density at radius 2 is 0.614 bits per heavy atom. The van der Waals surface area contributed by atoms with Gasteiger partial charge in [-0.05, 0) is 106 Å². The van der Waals surface area contributed by atoms with Crippen molar-refractivity contribution in [3.8, 4) is 0 Å². The number of carbonyl (C=O) groups is 4. The molecule has 0 aliphatic carbocycles. The molecule has 0 saturated carbocycles. The van der Waals surface area contributed by atoms with Gasteiger partial charge in [-0.1, -0.05) is 97.1 Å². The van der Waals surface area contributed by atoms with Crippen LogP contribution in [-0.4, -0.2) is 23.1 Å². The summed E-state index contributed by atoms with van der Waals surface area (Å²) in [6.45, 7) is 5.72. The third kappa shape index (κ3) is 6.16. The monoisotopic (exact) mass is 576 g/mol. The third-order valence-electron chi connectivity index (χ3n) is 7.72. The summed E-state index contributed by atoms with van der Waals surface area (Å²) in [5.41, 5.74) is 2.33. The Morgan fingerprint density at radius 1 is 0.386 bits per heavy atom. The molecule has 0 spiro atoms. The molecular formula is C40H32O4. The summed E-state index contributed by atoms with van der Waals surface area (Å²) < 4.78 is 0. The van der Waals surface area contributed by atoms with E-state index >= 15 is 0 Å². The van der Waals surface area contributed by atoms with E-state index in [9.17, 15) is 19.2 Å². The van der Waals surface area contributed by atoms with Gasteiger partial charge in [-0.15, -0.1) is 0 Å². The number of fused-ring (bicyclic) bond motifs is 4. The largest absolute Gasteiger partial charge is 0.294 e. The normalized spacial score (nSPS) is 10.6. The van der Waals surface area contributed by atoms with Gasteiger partial charge in [0.2, 0.25) is 0 Å². The molecule has 0 heterocycles. The van der Waals surface area contributed by atoms with Crippen molar-refractivity contribution in [1.29, 1.82) is 0 Å². The molecule has 216 valence electrons. The highest BCUT2D eigenvalue weighted by Gasteiger charge is 2.14. The number of hydrogen-bond donors (Lipinski definition) is 0. The van der Waals surface area contributed by atoms with Gasteiger partial charge in [0.1, 0.15) is 0 Å². The number of carbonyl (C=O) groups excluding carboxylic acids is 4. The van der Waals surface area contributed by atoms with Gasteiger partial charge in [-0.25, -0.2) is 0 Å². The molecule has 0 bridgehead atoms. The zero-order valence-electron chi connectivity index (χ0n) is 25.2. The predicted molar refractivity (Wildman–Crippen MR) is 182 cm³/mol. The molecule has 0 radical (unpaired) electrons. The molecule has 0 fully saturated rings. The van der Waals surface area contributed by atoms with E-state index < -0.39 is 0 Å². The van der Waals surface area contributed by atoms with Crippen molar-refractivity contribution < 1.29 is 19.2 Å². The second-order valence-corrected chi connectivity index (χ2v) is 10.8. The van der Waals surface area contributed by atoms with Crippen LogP contribution in [0.15, 0.2) is 120 Å². The first-order valence-electron chi connectivity index (χ1n) is 14.4. The van der Waals surface area contributed by atoms with Crippen LogP contribution in [0.5, 0.6) is 0 Å². The first-order chi connectivity index (χ1) is 21.2. The van der Waals surface area contributed by atoms with Gasteiger partial charge in [-0.2, -0.15) is 0 Å². The van der Waals surface area contributed by atoms with Crippen LogP contribution in [0.3, 0.4) is 0 Å².